The predicted molar refractivity (Wildman–Crippen MR) is 77.3 cm³/mol. The van der Waals surface area contributed by atoms with Gasteiger partial charge in [-0.15, -0.1) is 0 Å². The van der Waals surface area contributed by atoms with Crippen LogP contribution in [0.25, 0.3) is 0 Å². The summed E-state index contributed by atoms with van der Waals surface area (Å²) >= 11 is 0. The zero-order chi connectivity index (χ0) is 13.1. The van der Waals surface area contributed by atoms with E-state index in [1.807, 2.05) is 0 Å². The lowest BCUT2D eigenvalue weighted by atomic mass is 9.75. The Morgan fingerprint density at radius 3 is 1.65 bits per heavy atom. The second kappa shape index (κ2) is 9.94. The molecule has 17 heavy (non-hydrogen) atoms. The van der Waals surface area contributed by atoms with Crippen LogP contribution in [-0.2, 0) is 0 Å². The molecule has 1 nitrogen and oxygen atoms in total. The minimum absolute atomic E-state index is 0.379. The average molecular weight is 242 g/mol. The van der Waals surface area contributed by atoms with Crippen molar-refractivity contribution >= 4 is 0 Å². The third-order valence-electron chi connectivity index (χ3n) is 4.09. The molecule has 0 saturated carbocycles. The molecule has 0 heterocycles. The summed E-state index contributed by atoms with van der Waals surface area (Å²) in [5, 5.41) is 11.0. The summed E-state index contributed by atoms with van der Waals surface area (Å²) in [6, 6.07) is 0. The number of aliphatic hydroxyl groups is 1. The van der Waals surface area contributed by atoms with E-state index in [0.717, 1.165) is 19.3 Å². The van der Waals surface area contributed by atoms with E-state index in [4.69, 9.17) is 0 Å². The molecule has 0 fully saturated rings. The third-order valence-corrected chi connectivity index (χ3v) is 4.09. The van der Waals surface area contributed by atoms with Crippen molar-refractivity contribution < 1.29 is 5.11 Å². The highest BCUT2D eigenvalue weighted by Crippen LogP contribution is 2.35. The fourth-order valence-corrected chi connectivity index (χ4v) is 2.80. The summed E-state index contributed by atoms with van der Waals surface area (Å²) in [6.45, 7) is 8.91. The molecule has 1 heteroatoms. The van der Waals surface area contributed by atoms with E-state index in [1.54, 1.807) is 0 Å². The molecule has 1 atom stereocenters. The van der Waals surface area contributed by atoms with Crippen molar-refractivity contribution in [2.24, 2.45) is 5.92 Å². The van der Waals surface area contributed by atoms with Gasteiger partial charge < -0.3 is 5.11 Å². The SMILES string of the molecule is CCCCC(CC)C(O)(CCCC)CCCC. The van der Waals surface area contributed by atoms with Gasteiger partial charge in [0.1, 0.15) is 0 Å². The van der Waals surface area contributed by atoms with Crippen molar-refractivity contribution in [1.29, 1.82) is 0 Å². The quantitative estimate of drug-likeness (QED) is 0.520. The van der Waals surface area contributed by atoms with Crippen LogP contribution in [0.5, 0.6) is 0 Å². The van der Waals surface area contributed by atoms with Crippen LogP contribution in [0, 0.1) is 5.92 Å². The smallest absolute Gasteiger partial charge is 0.0675 e. The molecule has 0 aliphatic heterocycles. The van der Waals surface area contributed by atoms with Gasteiger partial charge in [0, 0.05) is 0 Å². The Kier molecular flexibility index (Phi) is 9.91. The number of rotatable bonds is 11. The molecule has 0 radical (unpaired) electrons. The van der Waals surface area contributed by atoms with Gasteiger partial charge in [-0.25, -0.2) is 0 Å². The summed E-state index contributed by atoms with van der Waals surface area (Å²) in [5.41, 5.74) is -0.379. The molecule has 0 aromatic heterocycles. The molecule has 0 rings (SSSR count). The van der Waals surface area contributed by atoms with E-state index < -0.39 is 0 Å². The van der Waals surface area contributed by atoms with Gasteiger partial charge in [-0.3, -0.25) is 0 Å². The summed E-state index contributed by atoms with van der Waals surface area (Å²) in [6.07, 6.45) is 11.6. The molecular formula is C16H34O. The summed E-state index contributed by atoms with van der Waals surface area (Å²) in [5.74, 6) is 0.514. The van der Waals surface area contributed by atoms with E-state index >= 15 is 0 Å². The Balaban J connectivity index is 4.46. The van der Waals surface area contributed by atoms with E-state index in [2.05, 4.69) is 27.7 Å². The van der Waals surface area contributed by atoms with Crippen molar-refractivity contribution in [2.75, 3.05) is 0 Å². The predicted octanol–water partition coefficient (Wildman–Crippen LogP) is 5.31. The highest BCUT2D eigenvalue weighted by Gasteiger charge is 2.33. The lowest BCUT2D eigenvalue weighted by Crippen LogP contribution is -2.37. The van der Waals surface area contributed by atoms with Crippen LogP contribution in [-0.4, -0.2) is 10.7 Å². The maximum absolute atomic E-state index is 11.0. The molecule has 0 spiro atoms. The van der Waals surface area contributed by atoms with Crippen molar-refractivity contribution in [3.63, 3.8) is 0 Å². The van der Waals surface area contributed by atoms with E-state index in [0.29, 0.717) is 5.92 Å². The van der Waals surface area contributed by atoms with Gasteiger partial charge >= 0.3 is 0 Å². The Labute approximate surface area is 109 Å². The first kappa shape index (κ1) is 17.0. The molecule has 0 aromatic rings. The Morgan fingerprint density at radius 1 is 0.824 bits per heavy atom. The molecule has 0 saturated heterocycles. The van der Waals surface area contributed by atoms with Crippen LogP contribution >= 0.6 is 0 Å². The molecule has 1 N–H and O–H groups in total. The highest BCUT2D eigenvalue weighted by atomic mass is 16.3. The van der Waals surface area contributed by atoms with Crippen LogP contribution in [0.15, 0.2) is 0 Å². The number of unbranched alkanes of at least 4 members (excludes halogenated alkanes) is 3. The highest BCUT2D eigenvalue weighted by molar-refractivity contribution is 4.85. The van der Waals surface area contributed by atoms with Crippen molar-refractivity contribution in [1.82, 2.24) is 0 Å². The minimum atomic E-state index is -0.379. The average Bonchev–Trinajstić information content (AvgIpc) is 2.35. The van der Waals surface area contributed by atoms with Crippen LogP contribution in [0.1, 0.15) is 91.9 Å². The van der Waals surface area contributed by atoms with E-state index in [9.17, 15) is 5.11 Å². The second-order valence-electron chi connectivity index (χ2n) is 5.56. The first-order valence-corrected chi connectivity index (χ1v) is 7.86. The van der Waals surface area contributed by atoms with Gasteiger partial charge in [-0.05, 0) is 25.2 Å². The molecule has 104 valence electrons. The van der Waals surface area contributed by atoms with Gasteiger partial charge in [0.05, 0.1) is 5.60 Å². The minimum Gasteiger partial charge on any atom is -0.390 e. The van der Waals surface area contributed by atoms with Crippen LogP contribution < -0.4 is 0 Å². The molecular weight excluding hydrogens is 208 g/mol. The first-order valence-electron chi connectivity index (χ1n) is 7.86. The van der Waals surface area contributed by atoms with Crippen molar-refractivity contribution in [3.05, 3.63) is 0 Å². The zero-order valence-corrected chi connectivity index (χ0v) is 12.6. The lowest BCUT2D eigenvalue weighted by molar-refractivity contribution is -0.0424. The second-order valence-corrected chi connectivity index (χ2v) is 5.56. The van der Waals surface area contributed by atoms with Gasteiger partial charge in [0.15, 0.2) is 0 Å². The molecule has 0 amide bonds. The van der Waals surface area contributed by atoms with Crippen LogP contribution in [0.2, 0.25) is 0 Å². The lowest BCUT2D eigenvalue weighted by Gasteiger charge is -2.36. The first-order chi connectivity index (χ1) is 8.14. The van der Waals surface area contributed by atoms with Crippen LogP contribution in [0.3, 0.4) is 0 Å². The maximum Gasteiger partial charge on any atom is 0.0675 e. The molecule has 0 aromatic carbocycles. The van der Waals surface area contributed by atoms with Crippen molar-refractivity contribution in [3.8, 4) is 0 Å². The van der Waals surface area contributed by atoms with Gasteiger partial charge in [0.25, 0.3) is 0 Å². The summed E-state index contributed by atoms with van der Waals surface area (Å²) in [7, 11) is 0. The standard InChI is InChI=1S/C16H34O/c1-5-9-12-15(8-4)16(17,13-10-6-2)14-11-7-3/h15,17H,5-14H2,1-4H3. The summed E-state index contributed by atoms with van der Waals surface area (Å²) in [4.78, 5) is 0. The Hall–Kier alpha value is -0.0400. The zero-order valence-electron chi connectivity index (χ0n) is 12.6. The molecule has 1 unspecified atom stereocenters. The van der Waals surface area contributed by atoms with E-state index in [-0.39, 0.29) is 5.60 Å². The fraction of sp³-hybridized carbons (Fsp3) is 1.00. The number of hydrogen-bond acceptors (Lipinski definition) is 1. The van der Waals surface area contributed by atoms with Gasteiger partial charge in [-0.1, -0.05) is 72.6 Å². The monoisotopic (exact) mass is 242 g/mol. The topological polar surface area (TPSA) is 20.2 Å². The fourth-order valence-electron chi connectivity index (χ4n) is 2.80. The van der Waals surface area contributed by atoms with E-state index in [1.165, 1.54) is 44.9 Å². The normalized spacial score (nSPS) is 13.9. The largest absolute Gasteiger partial charge is 0.390 e. The molecule has 0 aliphatic carbocycles. The summed E-state index contributed by atoms with van der Waals surface area (Å²) < 4.78 is 0. The van der Waals surface area contributed by atoms with Gasteiger partial charge in [0.2, 0.25) is 0 Å². The maximum atomic E-state index is 11.0. The molecule has 0 bridgehead atoms. The van der Waals surface area contributed by atoms with Crippen molar-refractivity contribution in [2.45, 2.75) is 97.5 Å². The third kappa shape index (κ3) is 6.45. The van der Waals surface area contributed by atoms with Gasteiger partial charge in [-0.2, -0.15) is 0 Å². The Bertz CT molecular complexity index is 157. The molecule has 0 aliphatic rings. The Morgan fingerprint density at radius 2 is 1.29 bits per heavy atom. The van der Waals surface area contributed by atoms with Crippen LogP contribution in [0.4, 0.5) is 0 Å². The number of hydrogen-bond donors (Lipinski definition) is 1.